The predicted molar refractivity (Wildman–Crippen MR) is 135 cm³/mol. The van der Waals surface area contributed by atoms with Crippen LogP contribution in [0.25, 0.3) is 5.69 Å². The number of thioether (sulfide) groups is 1. The van der Waals surface area contributed by atoms with Gasteiger partial charge in [-0.2, -0.15) is 5.10 Å². The highest BCUT2D eigenvalue weighted by Crippen LogP contribution is 2.21. The Morgan fingerprint density at radius 2 is 1.83 bits per heavy atom. The lowest BCUT2D eigenvalue weighted by atomic mass is 10.2. The van der Waals surface area contributed by atoms with E-state index in [2.05, 4.69) is 20.7 Å². The van der Waals surface area contributed by atoms with E-state index in [-0.39, 0.29) is 11.7 Å². The molecular formula is C25H20ClN5O3S. The Balaban J connectivity index is 1.27. The molecule has 8 nitrogen and oxygen atoms in total. The molecule has 1 amide bonds. The number of nitrogens with one attached hydrogen (secondary N) is 1. The van der Waals surface area contributed by atoms with Gasteiger partial charge in [-0.15, -0.1) is 10.2 Å². The van der Waals surface area contributed by atoms with E-state index in [1.807, 2.05) is 41.8 Å². The fourth-order valence-corrected chi connectivity index (χ4v) is 4.04. The maximum absolute atomic E-state index is 12.2. The molecule has 4 rings (SSSR count). The zero-order valence-corrected chi connectivity index (χ0v) is 20.2. The summed E-state index contributed by atoms with van der Waals surface area (Å²) in [6, 6.07) is 22.9. The van der Waals surface area contributed by atoms with Crippen molar-refractivity contribution in [1.82, 2.24) is 20.2 Å². The number of hydrogen-bond donors (Lipinski definition) is 1. The standard InChI is InChI=1S/C25H20ClN5O3S/c1-17-28-30-25(31(17)21-8-3-2-4-9-21)35-16-23(32)29-27-15-18-10-12-22(13-11-18)34-24(33)19-6-5-7-20(26)14-19/h2-15H,16H2,1H3,(H,29,32)/b27-15+. The first-order chi connectivity index (χ1) is 17.0. The van der Waals surface area contributed by atoms with Crippen LogP contribution < -0.4 is 10.2 Å². The number of para-hydroxylation sites is 1. The molecule has 0 saturated heterocycles. The molecule has 0 aliphatic rings. The Hall–Kier alpha value is -3.95. The Labute approximate surface area is 211 Å². The largest absolute Gasteiger partial charge is 0.423 e. The van der Waals surface area contributed by atoms with Gasteiger partial charge in [-0.25, -0.2) is 10.2 Å². The van der Waals surface area contributed by atoms with E-state index in [0.29, 0.717) is 21.5 Å². The van der Waals surface area contributed by atoms with Gasteiger partial charge in [0, 0.05) is 10.7 Å². The van der Waals surface area contributed by atoms with E-state index in [0.717, 1.165) is 17.1 Å². The molecule has 1 N–H and O–H groups in total. The molecule has 0 spiro atoms. The van der Waals surface area contributed by atoms with Crippen LogP contribution in [0.3, 0.4) is 0 Å². The van der Waals surface area contributed by atoms with Gasteiger partial charge in [0.1, 0.15) is 11.6 Å². The number of rotatable bonds is 8. The van der Waals surface area contributed by atoms with Gasteiger partial charge in [0.15, 0.2) is 5.16 Å². The van der Waals surface area contributed by atoms with Crippen LogP contribution in [-0.4, -0.2) is 38.6 Å². The molecule has 1 aromatic heterocycles. The number of nitrogens with zero attached hydrogens (tertiary/aromatic N) is 4. The third-order valence-corrected chi connectivity index (χ3v) is 5.86. The average molecular weight is 506 g/mol. The molecule has 35 heavy (non-hydrogen) atoms. The van der Waals surface area contributed by atoms with Crippen LogP contribution in [0.15, 0.2) is 89.1 Å². The summed E-state index contributed by atoms with van der Waals surface area (Å²) in [5.41, 5.74) is 4.51. The van der Waals surface area contributed by atoms with E-state index >= 15 is 0 Å². The van der Waals surface area contributed by atoms with Gasteiger partial charge in [-0.3, -0.25) is 9.36 Å². The van der Waals surface area contributed by atoms with Gasteiger partial charge in [-0.1, -0.05) is 47.6 Å². The number of halogens is 1. The predicted octanol–water partition coefficient (Wildman–Crippen LogP) is 4.69. The molecule has 0 atom stereocenters. The molecule has 0 aliphatic carbocycles. The van der Waals surface area contributed by atoms with Crippen molar-refractivity contribution in [3.8, 4) is 11.4 Å². The summed E-state index contributed by atoms with van der Waals surface area (Å²) >= 11 is 7.18. The number of aryl methyl sites for hydroxylation is 1. The summed E-state index contributed by atoms with van der Waals surface area (Å²) in [6.07, 6.45) is 1.50. The van der Waals surface area contributed by atoms with Crippen LogP contribution in [0.2, 0.25) is 5.02 Å². The molecule has 3 aromatic carbocycles. The van der Waals surface area contributed by atoms with Crippen molar-refractivity contribution in [2.24, 2.45) is 5.10 Å². The van der Waals surface area contributed by atoms with Gasteiger partial charge < -0.3 is 4.74 Å². The van der Waals surface area contributed by atoms with Crippen LogP contribution in [0.4, 0.5) is 0 Å². The summed E-state index contributed by atoms with van der Waals surface area (Å²) in [4.78, 5) is 24.4. The minimum absolute atomic E-state index is 0.126. The van der Waals surface area contributed by atoms with Gasteiger partial charge in [0.05, 0.1) is 17.5 Å². The van der Waals surface area contributed by atoms with Gasteiger partial charge in [0.2, 0.25) is 0 Å². The smallest absolute Gasteiger partial charge is 0.343 e. The highest BCUT2D eigenvalue weighted by Gasteiger charge is 2.13. The van der Waals surface area contributed by atoms with E-state index in [1.165, 1.54) is 18.0 Å². The quantitative estimate of drug-likeness (QED) is 0.123. The number of carbonyl (C=O) groups excluding carboxylic acids is 2. The van der Waals surface area contributed by atoms with Crippen molar-refractivity contribution in [1.29, 1.82) is 0 Å². The number of benzene rings is 3. The molecule has 0 saturated carbocycles. The molecule has 0 radical (unpaired) electrons. The van der Waals surface area contributed by atoms with Crippen LogP contribution >= 0.6 is 23.4 Å². The maximum atomic E-state index is 12.2. The van der Waals surface area contributed by atoms with E-state index in [1.54, 1.807) is 48.5 Å². The zero-order chi connectivity index (χ0) is 24.6. The molecule has 176 valence electrons. The van der Waals surface area contributed by atoms with Gasteiger partial charge >= 0.3 is 5.97 Å². The number of hydrogen-bond acceptors (Lipinski definition) is 7. The topological polar surface area (TPSA) is 98.5 Å². The molecule has 0 aliphatic heterocycles. The number of esters is 1. The first-order valence-electron chi connectivity index (χ1n) is 10.5. The third kappa shape index (κ3) is 6.56. The van der Waals surface area contributed by atoms with Crippen LogP contribution in [0.5, 0.6) is 5.75 Å². The molecule has 0 bridgehead atoms. The van der Waals surface area contributed by atoms with Crippen LogP contribution in [-0.2, 0) is 4.79 Å². The summed E-state index contributed by atoms with van der Waals surface area (Å²) < 4.78 is 7.23. The highest BCUT2D eigenvalue weighted by molar-refractivity contribution is 7.99. The number of aromatic nitrogens is 3. The van der Waals surface area contributed by atoms with E-state index in [4.69, 9.17) is 16.3 Å². The lowest BCUT2D eigenvalue weighted by Gasteiger charge is -2.07. The number of amides is 1. The minimum Gasteiger partial charge on any atom is -0.423 e. The second-order valence-electron chi connectivity index (χ2n) is 7.25. The number of ether oxygens (including phenoxy) is 1. The maximum Gasteiger partial charge on any atom is 0.343 e. The molecule has 1 heterocycles. The summed E-state index contributed by atoms with van der Waals surface area (Å²) in [5, 5.41) is 13.3. The summed E-state index contributed by atoms with van der Waals surface area (Å²) in [5.74, 6) is 0.459. The van der Waals surface area contributed by atoms with Crippen molar-refractivity contribution in [3.63, 3.8) is 0 Å². The summed E-state index contributed by atoms with van der Waals surface area (Å²) in [7, 11) is 0. The van der Waals surface area contributed by atoms with Crippen molar-refractivity contribution in [3.05, 3.63) is 101 Å². The molecular weight excluding hydrogens is 486 g/mol. The lowest BCUT2D eigenvalue weighted by Crippen LogP contribution is -2.20. The summed E-state index contributed by atoms with van der Waals surface area (Å²) in [6.45, 7) is 1.86. The normalized spacial score (nSPS) is 10.9. The zero-order valence-electron chi connectivity index (χ0n) is 18.6. The highest BCUT2D eigenvalue weighted by atomic mass is 35.5. The van der Waals surface area contributed by atoms with E-state index < -0.39 is 5.97 Å². The Morgan fingerprint density at radius 1 is 1.06 bits per heavy atom. The second-order valence-corrected chi connectivity index (χ2v) is 8.63. The molecule has 4 aromatic rings. The SMILES string of the molecule is Cc1nnc(SCC(=O)N/N=C/c2ccc(OC(=O)c3cccc(Cl)c3)cc2)n1-c1ccccc1. The monoisotopic (exact) mass is 505 g/mol. The van der Waals surface area contributed by atoms with Crippen LogP contribution in [0.1, 0.15) is 21.7 Å². The molecule has 0 fully saturated rings. The van der Waals surface area contributed by atoms with Crippen LogP contribution in [0, 0.1) is 6.92 Å². The van der Waals surface area contributed by atoms with Crippen molar-refractivity contribution in [2.75, 3.05) is 5.75 Å². The Morgan fingerprint density at radius 3 is 2.57 bits per heavy atom. The first-order valence-corrected chi connectivity index (χ1v) is 11.9. The Kier molecular flexibility index (Phi) is 7.92. The third-order valence-electron chi connectivity index (χ3n) is 4.70. The number of hydrazone groups is 1. The second kappa shape index (κ2) is 11.5. The van der Waals surface area contributed by atoms with Gasteiger partial charge in [-0.05, 0) is 67.1 Å². The fourth-order valence-electron chi connectivity index (χ4n) is 3.06. The first kappa shape index (κ1) is 24.2. The molecule has 0 unspecified atom stereocenters. The molecule has 10 heteroatoms. The minimum atomic E-state index is -0.503. The van der Waals surface area contributed by atoms with Gasteiger partial charge in [0.25, 0.3) is 5.91 Å². The Bertz CT molecular complexity index is 1360. The van der Waals surface area contributed by atoms with Crippen molar-refractivity contribution < 1.29 is 14.3 Å². The number of carbonyl (C=O) groups is 2. The van der Waals surface area contributed by atoms with E-state index in [9.17, 15) is 9.59 Å². The van der Waals surface area contributed by atoms with Crippen molar-refractivity contribution in [2.45, 2.75) is 12.1 Å². The van der Waals surface area contributed by atoms with Crippen molar-refractivity contribution >= 4 is 41.5 Å². The lowest BCUT2D eigenvalue weighted by molar-refractivity contribution is -0.118. The fraction of sp³-hybridized carbons (Fsp3) is 0.0800. The average Bonchev–Trinajstić information content (AvgIpc) is 3.24.